The Morgan fingerprint density at radius 1 is 0.592 bits per heavy atom. The van der Waals surface area contributed by atoms with Crippen LogP contribution in [0.1, 0.15) is 20.7 Å². The van der Waals surface area contributed by atoms with Crippen molar-refractivity contribution in [3.05, 3.63) is 77.9 Å². The van der Waals surface area contributed by atoms with Gasteiger partial charge in [0.05, 0.1) is 38.8 Å². The molecule has 49 heavy (non-hydrogen) atoms. The highest BCUT2D eigenvalue weighted by molar-refractivity contribution is 7.86. The Balaban J connectivity index is 1.52. The maximum Gasteiger partial charge on any atom is 0.297 e. The molecule has 0 spiro atoms. The minimum Gasteiger partial charge on any atom is -0.505 e. The predicted molar refractivity (Wildman–Crippen MR) is 170 cm³/mol. The Labute approximate surface area is 274 Å². The number of aromatic hydroxyl groups is 1. The smallest absolute Gasteiger partial charge is 0.297 e. The summed E-state index contributed by atoms with van der Waals surface area (Å²) in [5.41, 5.74) is 4.65. The summed E-state index contributed by atoms with van der Waals surface area (Å²) in [5.74, 6) is -2.17. The number of hydrogen-bond acceptors (Lipinski definition) is 14. The molecule has 18 nitrogen and oxygen atoms in total. The zero-order valence-corrected chi connectivity index (χ0v) is 26.4. The van der Waals surface area contributed by atoms with Crippen molar-refractivity contribution in [1.82, 2.24) is 5.32 Å². The lowest BCUT2D eigenvalue weighted by Crippen LogP contribution is -2.19. The number of carbonyl (C=O) groups is 2. The molecule has 5 aromatic carbocycles. The molecule has 250 valence electrons. The third-order valence-corrected chi connectivity index (χ3v) is 9.93. The highest BCUT2D eigenvalue weighted by Gasteiger charge is 2.28. The summed E-state index contributed by atoms with van der Waals surface area (Å²) in [5, 5.41) is 28.3. The van der Waals surface area contributed by atoms with Crippen molar-refractivity contribution >= 4 is 92.2 Å². The number of rotatable bonds is 7. The van der Waals surface area contributed by atoms with E-state index in [0.717, 1.165) is 24.3 Å². The minimum absolute atomic E-state index is 0.0376. The van der Waals surface area contributed by atoms with E-state index in [-0.39, 0.29) is 44.3 Å². The number of imide groups is 1. The standard InChI is InChI=1S/C28H18N6O12S3/c29-20-6-5-15-18(26(20)49(44,45)46)11-23(48(41,42)43)24(25(15)35)34-33-22-8-7-21(14-4-2-13(10-17(14)22)47(38,39)40)32-31-12-1-3-16-19(9-12)28(37)30-27(16)36/h1-11,35H,29H2,(H,30,36,37)(H,38,39,40)(H,41,42,43)(H,44,45,46). The monoisotopic (exact) mass is 726 g/mol. The fourth-order valence-corrected chi connectivity index (χ4v) is 7.02. The Kier molecular flexibility index (Phi) is 7.77. The third-order valence-electron chi connectivity index (χ3n) is 7.24. The second-order valence-corrected chi connectivity index (χ2v) is 14.5. The second-order valence-electron chi connectivity index (χ2n) is 10.3. The summed E-state index contributed by atoms with van der Waals surface area (Å²) >= 11 is 0. The van der Waals surface area contributed by atoms with Crippen LogP contribution in [0.15, 0.2) is 102 Å². The third kappa shape index (κ3) is 6.08. The molecule has 0 radical (unpaired) electrons. The van der Waals surface area contributed by atoms with Gasteiger partial charge in [0.25, 0.3) is 42.2 Å². The molecule has 0 aromatic heterocycles. The van der Waals surface area contributed by atoms with Crippen LogP contribution in [0.2, 0.25) is 0 Å². The second kappa shape index (κ2) is 11.5. The van der Waals surface area contributed by atoms with Crippen molar-refractivity contribution in [2.24, 2.45) is 20.5 Å². The van der Waals surface area contributed by atoms with E-state index in [4.69, 9.17) is 5.73 Å². The van der Waals surface area contributed by atoms with Crippen LogP contribution in [0.3, 0.4) is 0 Å². The topological polar surface area (TPSA) is 305 Å². The Morgan fingerprint density at radius 3 is 1.88 bits per heavy atom. The molecular formula is C28H18N6O12S3. The van der Waals surface area contributed by atoms with Gasteiger partial charge in [-0.15, -0.1) is 15.3 Å². The Morgan fingerprint density at radius 2 is 1.22 bits per heavy atom. The molecule has 1 heterocycles. The van der Waals surface area contributed by atoms with E-state index in [1.807, 2.05) is 0 Å². The van der Waals surface area contributed by atoms with E-state index in [1.165, 1.54) is 36.4 Å². The van der Waals surface area contributed by atoms with Gasteiger partial charge in [-0.25, -0.2) is 0 Å². The number of fused-ring (bicyclic) bond motifs is 3. The van der Waals surface area contributed by atoms with Crippen LogP contribution in [0.4, 0.5) is 28.4 Å². The van der Waals surface area contributed by atoms with E-state index >= 15 is 0 Å². The van der Waals surface area contributed by atoms with Gasteiger partial charge in [0.1, 0.15) is 15.5 Å². The van der Waals surface area contributed by atoms with E-state index in [1.54, 1.807) is 0 Å². The zero-order valence-electron chi connectivity index (χ0n) is 24.0. The number of carbonyl (C=O) groups excluding carboxylic acids is 2. The lowest BCUT2D eigenvalue weighted by atomic mass is 10.1. The zero-order chi connectivity index (χ0) is 35.6. The van der Waals surface area contributed by atoms with Crippen LogP contribution in [0.5, 0.6) is 5.75 Å². The highest BCUT2D eigenvalue weighted by atomic mass is 32.2. The van der Waals surface area contributed by atoms with Gasteiger partial charge in [-0.3, -0.25) is 28.6 Å². The summed E-state index contributed by atoms with van der Waals surface area (Å²) in [6.07, 6.45) is 0. The number of azo groups is 2. The van der Waals surface area contributed by atoms with Crippen LogP contribution in [-0.2, 0) is 30.4 Å². The average Bonchev–Trinajstić information content (AvgIpc) is 3.29. The average molecular weight is 727 g/mol. The lowest BCUT2D eigenvalue weighted by Gasteiger charge is -2.12. The number of nitrogens with zero attached hydrogens (tertiary/aromatic N) is 4. The first-order chi connectivity index (χ1) is 22.8. The minimum atomic E-state index is -5.26. The normalized spacial score (nSPS) is 13.9. The SMILES string of the molecule is Nc1ccc2c(O)c(N=Nc3ccc(N=Nc4ccc5c(c4)C(=O)NC5=O)c4ccc(S(=O)(=O)O)cc34)c(S(=O)(=O)O)cc2c1S(=O)(=O)O. The number of benzene rings is 5. The molecule has 0 saturated carbocycles. The molecule has 0 aliphatic carbocycles. The summed E-state index contributed by atoms with van der Waals surface area (Å²) in [7, 11) is -15.1. The maximum absolute atomic E-state index is 12.3. The molecule has 1 aliphatic rings. The van der Waals surface area contributed by atoms with Crippen LogP contribution in [0, 0.1) is 0 Å². The molecule has 21 heteroatoms. The molecule has 2 amide bonds. The van der Waals surface area contributed by atoms with E-state index < -0.39 is 79.4 Å². The lowest BCUT2D eigenvalue weighted by molar-refractivity contribution is 0.0879. The molecular weight excluding hydrogens is 709 g/mol. The molecule has 0 unspecified atom stereocenters. The predicted octanol–water partition coefficient (Wildman–Crippen LogP) is 4.74. The van der Waals surface area contributed by atoms with Crippen molar-refractivity contribution in [2.75, 3.05) is 5.73 Å². The van der Waals surface area contributed by atoms with Gasteiger partial charge in [0.2, 0.25) is 0 Å². The molecule has 0 saturated heterocycles. The van der Waals surface area contributed by atoms with Crippen molar-refractivity contribution in [1.29, 1.82) is 0 Å². The number of phenols is 1. The number of nitrogens with two attached hydrogens (primary N) is 1. The molecule has 0 bridgehead atoms. The fraction of sp³-hybridized carbons (Fsp3) is 0. The first-order valence-corrected chi connectivity index (χ1v) is 17.6. The molecule has 0 atom stereocenters. The van der Waals surface area contributed by atoms with Crippen LogP contribution < -0.4 is 11.1 Å². The van der Waals surface area contributed by atoms with E-state index in [2.05, 4.69) is 25.8 Å². The number of nitrogens with one attached hydrogen (secondary N) is 1. The highest BCUT2D eigenvalue weighted by Crippen LogP contribution is 2.45. The molecule has 6 rings (SSSR count). The number of amides is 2. The van der Waals surface area contributed by atoms with Gasteiger partial charge in [-0.2, -0.15) is 30.4 Å². The van der Waals surface area contributed by atoms with Crippen LogP contribution in [-0.4, -0.2) is 55.8 Å². The number of nitrogen functional groups attached to an aromatic ring is 1. The summed E-state index contributed by atoms with van der Waals surface area (Å²) in [6.45, 7) is 0. The first-order valence-electron chi connectivity index (χ1n) is 13.2. The van der Waals surface area contributed by atoms with Gasteiger partial charge in [-0.1, -0.05) is 6.07 Å². The molecule has 0 fully saturated rings. The molecule has 1 aliphatic heterocycles. The summed E-state index contributed by atoms with van der Waals surface area (Å²) in [6, 6.07) is 12.7. The first kappa shape index (κ1) is 33.2. The fourth-order valence-electron chi connectivity index (χ4n) is 5.06. The number of hydrogen-bond donors (Lipinski definition) is 6. The van der Waals surface area contributed by atoms with Gasteiger partial charge in [0, 0.05) is 21.5 Å². The summed E-state index contributed by atoms with van der Waals surface area (Å²) < 4.78 is 102. The van der Waals surface area contributed by atoms with Gasteiger partial charge >= 0.3 is 0 Å². The quantitative estimate of drug-likeness (QED) is 0.0572. The maximum atomic E-state index is 12.3. The van der Waals surface area contributed by atoms with Crippen molar-refractivity contribution in [3.63, 3.8) is 0 Å². The number of anilines is 1. The van der Waals surface area contributed by atoms with Gasteiger partial charge < -0.3 is 10.8 Å². The van der Waals surface area contributed by atoms with Crippen molar-refractivity contribution in [3.8, 4) is 5.75 Å². The number of phenolic OH excluding ortho intramolecular Hbond substituents is 1. The molecule has 7 N–H and O–H groups in total. The largest absolute Gasteiger partial charge is 0.505 e. The van der Waals surface area contributed by atoms with Crippen molar-refractivity contribution < 1.29 is 53.6 Å². The Bertz CT molecular complexity index is 2730. The van der Waals surface area contributed by atoms with E-state index in [0.29, 0.717) is 6.07 Å². The van der Waals surface area contributed by atoms with Crippen LogP contribution >= 0.6 is 0 Å². The van der Waals surface area contributed by atoms with Crippen molar-refractivity contribution in [2.45, 2.75) is 14.7 Å². The van der Waals surface area contributed by atoms with Gasteiger partial charge in [-0.05, 0) is 60.7 Å². The van der Waals surface area contributed by atoms with Gasteiger partial charge in [0.15, 0.2) is 5.75 Å². The van der Waals surface area contributed by atoms with Crippen LogP contribution in [0.25, 0.3) is 21.5 Å². The van der Waals surface area contributed by atoms with E-state index in [9.17, 15) is 53.6 Å². The Hall–Kier alpha value is -5.71. The molecule has 5 aromatic rings. The summed E-state index contributed by atoms with van der Waals surface area (Å²) in [4.78, 5) is 21.2.